The van der Waals surface area contributed by atoms with E-state index >= 15 is 0 Å². The van der Waals surface area contributed by atoms with E-state index in [1.54, 1.807) is 18.2 Å². The predicted octanol–water partition coefficient (Wildman–Crippen LogP) is 3.83. The molecule has 0 aliphatic heterocycles. The van der Waals surface area contributed by atoms with Gasteiger partial charge in [0.2, 0.25) is 0 Å². The second kappa shape index (κ2) is 4.34. The first-order valence-corrected chi connectivity index (χ1v) is 4.72. The van der Waals surface area contributed by atoms with E-state index in [-0.39, 0.29) is 6.04 Å². The minimum Gasteiger partial charge on any atom is -0.321 e. The van der Waals surface area contributed by atoms with Crippen molar-refractivity contribution in [2.24, 2.45) is 5.73 Å². The van der Waals surface area contributed by atoms with Gasteiger partial charge < -0.3 is 5.73 Å². The molecule has 4 heteroatoms. The second-order valence-corrected chi connectivity index (χ2v) is 3.80. The first-order valence-electron chi connectivity index (χ1n) is 3.59. The predicted molar refractivity (Wildman–Crippen MR) is 58.6 cm³/mol. The van der Waals surface area contributed by atoms with Crippen LogP contribution in [0, 0.1) is 0 Å². The van der Waals surface area contributed by atoms with E-state index in [0.717, 1.165) is 0 Å². The van der Waals surface area contributed by atoms with Crippen LogP contribution in [0.25, 0.3) is 0 Å². The van der Waals surface area contributed by atoms with Crippen LogP contribution in [0.15, 0.2) is 24.8 Å². The molecule has 1 aromatic rings. The lowest BCUT2D eigenvalue weighted by Gasteiger charge is -2.11. The van der Waals surface area contributed by atoms with Crippen LogP contribution in [-0.4, -0.2) is 0 Å². The lowest BCUT2D eigenvalue weighted by molar-refractivity contribution is 0.915. The average molecular weight is 237 g/mol. The summed E-state index contributed by atoms with van der Waals surface area (Å²) in [6.07, 6.45) is 1.57. The smallest absolute Gasteiger partial charge is 0.0508 e. The second-order valence-electron chi connectivity index (χ2n) is 2.54. The van der Waals surface area contributed by atoms with Crippen molar-refractivity contribution in [2.45, 2.75) is 6.04 Å². The molecule has 0 spiro atoms. The molecule has 1 nitrogen and oxygen atoms in total. The number of nitrogens with two attached hydrogens (primary N) is 1. The fourth-order valence-electron chi connectivity index (χ4n) is 0.990. The molecule has 0 aliphatic carbocycles. The van der Waals surface area contributed by atoms with Gasteiger partial charge in [0, 0.05) is 20.6 Å². The molecule has 0 aromatic heterocycles. The normalized spacial score (nSPS) is 12.6. The fourth-order valence-corrected chi connectivity index (χ4v) is 2.06. The van der Waals surface area contributed by atoms with Gasteiger partial charge in [0.05, 0.1) is 6.04 Å². The molecule has 1 aromatic carbocycles. The Hall–Kier alpha value is -0.210. The first kappa shape index (κ1) is 10.9. The van der Waals surface area contributed by atoms with Crippen molar-refractivity contribution in [1.29, 1.82) is 0 Å². The molecule has 0 radical (unpaired) electrons. The summed E-state index contributed by atoms with van der Waals surface area (Å²) in [6, 6.07) is 2.85. The highest BCUT2D eigenvalue weighted by Crippen LogP contribution is 2.32. The fraction of sp³-hybridized carbons (Fsp3) is 0.111. The van der Waals surface area contributed by atoms with Gasteiger partial charge in [-0.2, -0.15) is 0 Å². The molecule has 0 unspecified atom stereocenters. The molecule has 1 atom stereocenters. The van der Waals surface area contributed by atoms with Crippen LogP contribution in [-0.2, 0) is 0 Å². The van der Waals surface area contributed by atoms with E-state index in [2.05, 4.69) is 6.58 Å². The zero-order valence-electron chi connectivity index (χ0n) is 6.73. The lowest BCUT2D eigenvalue weighted by Crippen LogP contribution is -2.07. The van der Waals surface area contributed by atoms with E-state index in [0.29, 0.717) is 20.6 Å². The Morgan fingerprint density at radius 2 is 1.69 bits per heavy atom. The quantitative estimate of drug-likeness (QED) is 0.776. The van der Waals surface area contributed by atoms with Crippen LogP contribution in [0.5, 0.6) is 0 Å². The van der Waals surface area contributed by atoms with Gasteiger partial charge in [-0.05, 0) is 12.1 Å². The van der Waals surface area contributed by atoms with Gasteiger partial charge in [0.25, 0.3) is 0 Å². The van der Waals surface area contributed by atoms with Gasteiger partial charge in [-0.3, -0.25) is 0 Å². The number of hydrogen-bond acceptors (Lipinski definition) is 1. The van der Waals surface area contributed by atoms with Gasteiger partial charge in [0.1, 0.15) is 0 Å². The maximum absolute atomic E-state index is 5.91. The van der Waals surface area contributed by atoms with Crippen molar-refractivity contribution < 1.29 is 0 Å². The van der Waals surface area contributed by atoms with E-state index < -0.39 is 0 Å². The molecule has 0 bridgehead atoms. The molecular formula is C9H8Cl3N. The third kappa shape index (κ3) is 2.38. The Bertz CT molecular complexity index is 313. The number of benzene rings is 1. The SMILES string of the molecule is C=C[C@@H](N)c1c(Cl)cc(Cl)cc1Cl. The highest BCUT2D eigenvalue weighted by Gasteiger charge is 2.12. The molecule has 0 fully saturated rings. The zero-order chi connectivity index (χ0) is 10.0. The van der Waals surface area contributed by atoms with Crippen LogP contribution in [0.4, 0.5) is 0 Å². The minimum absolute atomic E-state index is 0.364. The van der Waals surface area contributed by atoms with Gasteiger partial charge in [0.15, 0.2) is 0 Å². The van der Waals surface area contributed by atoms with Crippen LogP contribution < -0.4 is 5.73 Å². The summed E-state index contributed by atoms with van der Waals surface area (Å²) in [4.78, 5) is 0. The Labute approximate surface area is 92.1 Å². The molecule has 0 heterocycles. The van der Waals surface area contributed by atoms with Gasteiger partial charge >= 0.3 is 0 Å². The highest BCUT2D eigenvalue weighted by atomic mass is 35.5. The summed E-state index contributed by atoms with van der Waals surface area (Å²) in [5.41, 5.74) is 6.37. The van der Waals surface area contributed by atoms with Crippen molar-refractivity contribution in [2.75, 3.05) is 0 Å². The van der Waals surface area contributed by atoms with E-state index in [1.807, 2.05) is 0 Å². The number of halogens is 3. The molecule has 13 heavy (non-hydrogen) atoms. The molecule has 0 amide bonds. The number of hydrogen-bond donors (Lipinski definition) is 1. The summed E-state index contributed by atoms with van der Waals surface area (Å²) in [7, 11) is 0. The Kier molecular flexibility index (Phi) is 3.63. The van der Waals surface area contributed by atoms with Crippen molar-refractivity contribution in [1.82, 2.24) is 0 Å². The van der Waals surface area contributed by atoms with Crippen LogP contribution in [0.3, 0.4) is 0 Å². The van der Waals surface area contributed by atoms with Crippen LogP contribution >= 0.6 is 34.8 Å². The summed E-state index contributed by atoms with van der Waals surface area (Å²) in [6.45, 7) is 3.57. The van der Waals surface area contributed by atoms with Crippen molar-refractivity contribution in [3.05, 3.63) is 45.4 Å². The van der Waals surface area contributed by atoms with Crippen molar-refractivity contribution >= 4 is 34.8 Å². The summed E-state index contributed by atoms with van der Waals surface area (Å²) in [5, 5.41) is 1.42. The Balaban J connectivity index is 3.28. The van der Waals surface area contributed by atoms with Crippen LogP contribution in [0.1, 0.15) is 11.6 Å². The standard InChI is InChI=1S/C9H8Cl3N/c1-2-8(13)9-6(11)3-5(10)4-7(9)12/h2-4,8H,1,13H2/t8-/m1/s1. The molecule has 2 N–H and O–H groups in total. The van der Waals surface area contributed by atoms with Gasteiger partial charge in [-0.25, -0.2) is 0 Å². The Morgan fingerprint density at radius 3 is 2.08 bits per heavy atom. The maximum atomic E-state index is 5.91. The average Bonchev–Trinajstić information content (AvgIpc) is 2.02. The van der Waals surface area contributed by atoms with Gasteiger partial charge in [-0.1, -0.05) is 40.9 Å². The number of rotatable bonds is 2. The third-order valence-electron chi connectivity index (χ3n) is 1.63. The highest BCUT2D eigenvalue weighted by molar-refractivity contribution is 6.39. The Morgan fingerprint density at radius 1 is 1.23 bits per heavy atom. The maximum Gasteiger partial charge on any atom is 0.0508 e. The van der Waals surface area contributed by atoms with Crippen LogP contribution in [0.2, 0.25) is 15.1 Å². The monoisotopic (exact) mass is 235 g/mol. The minimum atomic E-state index is -0.364. The topological polar surface area (TPSA) is 26.0 Å². The molecule has 0 saturated carbocycles. The summed E-state index contributed by atoms with van der Waals surface area (Å²) in [5.74, 6) is 0. The third-order valence-corrected chi connectivity index (χ3v) is 2.47. The molecule has 1 rings (SSSR count). The van der Waals surface area contributed by atoms with E-state index in [9.17, 15) is 0 Å². The molecule has 0 aliphatic rings. The first-order chi connectivity index (χ1) is 6.06. The lowest BCUT2D eigenvalue weighted by atomic mass is 10.1. The molecule has 0 saturated heterocycles. The summed E-state index contributed by atoms with van der Waals surface area (Å²) >= 11 is 17.6. The molecule has 70 valence electrons. The zero-order valence-corrected chi connectivity index (χ0v) is 9.00. The van der Waals surface area contributed by atoms with E-state index in [1.165, 1.54) is 0 Å². The van der Waals surface area contributed by atoms with Crippen molar-refractivity contribution in [3.63, 3.8) is 0 Å². The summed E-state index contributed by atoms with van der Waals surface area (Å²) < 4.78 is 0. The molecular weight excluding hydrogens is 228 g/mol. The van der Waals surface area contributed by atoms with Gasteiger partial charge in [-0.15, -0.1) is 6.58 Å². The van der Waals surface area contributed by atoms with E-state index in [4.69, 9.17) is 40.5 Å². The van der Waals surface area contributed by atoms with Crippen molar-refractivity contribution in [3.8, 4) is 0 Å². The largest absolute Gasteiger partial charge is 0.321 e.